The Labute approximate surface area is 70.0 Å². The van der Waals surface area contributed by atoms with Crippen molar-refractivity contribution < 1.29 is 5.21 Å². The van der Waals surface area contributed by atoms with Gasteiger partial charge in [0.1, 0.15) is 0 Å². The third-order valence-electron chi connectivity index (χ3n) is 1.27. The van der Waals surface area contributed by atoms with Crippen molar-refractivity contribution in [3.05, 3.63) is 36.2 Å². The van der Waals surface area contributed by atoms with Crippen LogP contribution in [0.25, 0.3) is 6.08 Å². The van der Waals surface area contributed by atoms with E-state index in [1.165, 1.54) is 6.08 Å². The number of pyridine rings is 1. The van der Waals surface area contributed by atoms with Crippen LogP contribution >= 0.6 is 0 Å². The van der Waals surface area contributed by atoms with Crippen LogP contribution in [0.4, 0.5) is 0 Å². The maximum atomic E-state index is 8.21. The Kier molecular flexibility index (Phi) is 2.84. The standard InChI is InChI=1S/C8H9N3O/c9-8(11-12)2-1-7-3-5-10-6-4-7/h1-6,12H,(H2,9,11)/b2-1+. The first-order valence-corrected chi connectivity index (χ1v) is 3.38. The summed E-state index contributed by atoms with van der Waals surface area (Å²) in [5, 5.41) is 11.0. The van der Waals surface area contributed by atoms with Crippen LogP contribution in [0.15, 0.2) is 35.8 Å². The third kappa shape index (κ3) is 2.42. The van der Waals surface area contributed by atoms with Gasteiger partial charge in [-0.2, -0.15) is 0 Å². The second-order valence-corrected chi connectivity index (χ2v) is 2.14. The molecule has 0 aliphatic rings. The van der Waals surface area contributed by atoms with E-state index in [4.69, 9.17) is 10.9 Å². The van der Waals surface area contributed by atoms with Gasteiger partial charge in [0.25, 0.3) is 0 Å². The van der Waals surface area contributed by atoms with Gasteiger partial charge in [0.15, 0.2) is 5.84 Å². The minimum absolute atomic E-state index is 0.0758. The van der Waals surface area contributed by atoms with E-state index in [1.54, 1.807) is 18.5 Å². The number of hydrogen-bond acceptors (Lipinski definition) is 3. The molecule has 4 nitrogen and oxygen atoms in total. The lowest BCUT2D eigenvalue weighted by Gasteiger charge is -1.89. The molecule has 0 unspecified atom stereocenters. The predicted molar refractivity (Wildman–Crippen MR) is 46.7 cm³/mol. The minimum atomic E-state index is 0.0758. The maximum absolute atomic E-state index is 8.21. The zero-order valence-electron chi connectivity index (χ0n) is 6.38. The molecule has 4 heteroatoms. The van der Waals surface area contributed by atoms with Crippen molar-refractivity contribution >= 4 is 11.9 Å². The molecule has 1 aromatic rings. The SMILES string of the molecule is NC(/C=C/c1ccncc1)=N\O. The van der Waals surface area contributed by atoms with Gasteiger partial charge in [-0.1, -0.05) is 11.2 Å². The zero-order chi connectivity index (χ0) is 8.81. The summed E-state index contributed by atoms with van der Waals surface area (Å²) < 4.78 is 0. The van der Waals surface area contributed by atoms with E-state index in [-0.39, 0.29) is 5.84 Å². The van der Waals surface area contributed by atoms with Crippen molar-refractivity contribution in [1.29, 1.82) is 0 Å². The van der Waals surface area contributed by atoms with Gasteiger partial charge in [-0.15, -0.1) is 0 Å². The molecular weight excluding hydrogens is 154 g/mol. The highest BCUT2D eigenvalue weighted by molar-refractivity contribution is 5.94. The molecule has 0 fully saturated rings. The summed E-state index contributed by atoms with van der Waals surface area (Å²) in [5.41, 5.74) is 6.17. The molecule has 0 atom stereocenters. The Hall–Kier alpha value is -1.84. The van der Waals surface area contributed by atoms with Crippen molar-refractivity contribution in [3.8, 4) is 0 Å². The van der Waals surface area contributed by atoms with Crippen molar-refractivity contribution in [2.75, 3.05) is 0 Å². The van der Waals surface area contributed by atoms with Crippen molar-refractivity contribution in [3.63, 3.8) is 0 Å². The lowest BCUT2D eigenvalue weighted by atomic mass is 10.2. The fourth-order valence-corrected chi connectivity index (χ4v) is 0.689. The second-order valence-electron chi connectivity index (χ2n) is 2.14. The average molecular weight is 163 g/mol. The smallest absolute Gasteiger partial charge is 0.162 e. The van der Waals surface area contributed by atoms with Gasteiger partial charge in [-0.25, -0.2) is 0 Å². The summed E-state index contributed by atoms with van der Waals surface area (Å²) >= 11 is 0. The van der Waals surface area contributed by atoms with Gasteiger partial charge < -0.3 is 10.9 Å². The Bertz CT molecular complexity index is 292. The summed E-state index contributed by atoms with van der Waals surface area (Å²) in [6.07, 6.45) is 6.59. The van der Waals surface area contributed by atoms with Crippen LogP contribution in [-0.2, 0) is 0 Å². The number of aromatic nitrogens is 1. The van der Waals surface area contributed by atoms with Crippen LogP contribution in [0.1, 0.15) is 5.56 Å². The number of nitrogens with two attached hydrogens (primary N) is 1. The van der Waals surface area contributed by atoms with Gasteiger partial charge in [-0.3, -0.25) is 4.98 Å². The molecular formula is C8H9N3O. The molecule has 62 valence electrons. The topological polar surface area (TPSA) is 71.5 Å². The molecule has 1 rings (SSSR count). The van der Waals surface area contributed by atoms with Crippen LogP contribution < -0.4 is 5.73 Å². The van der Waals surface area contributed by atoms with Gasteiger partial charge in [0.2, 0.25) is 0 Å². The summed E-state index contributed by atoms with van der Waals surface area (Å²) in [6.45, 7) is 0. The molecule has 0 saturated heterocycles. The second kappa shape index (κ2) is 4.12. The minimum Gasteiger partial charge on any atom is -0.409 e. The first-order valence-electron chi connectivity index (χ1n) is 3.38. The highest BCUT2D eigenvalue weighted by atomic mass is 16.4. The molecule has 1 heterocycles. The highest BCUT2D eigenvalue weighted by Crippen LogP contribution is 1.98. The van der Waals surface area contributed by atoms with E-state index in [2.05, 4.69) is 10.1 Å². The normalized spacial score (nSPS) is 12.2. The summed E-state index contributed by atoms with van der Waals surface area (Å²) in [5.74, 6) is 0.0758. The Morgan fingerprint density at radius 1 is 1.50 bits per heavy atom. The summed E-state index contributed by atoms with van der Waals surface area (Å²) in [6, 6.07) is 3.64. The first kappa shape index (κ1) is 8.26. The first-order chi connectivity index (χ1) is 5.83. The molecule has 0 amide bonds. The average Bonchev–Trinajstić information content (AvgIpc) is 2.16. The lowest BCUT2D eigenvalue weighted by molar-refractivity contribution is 0.319. The fourth-order valence-electron chi connectivity index (χ4n) is 0.689. The Balaban J connectivity index is 2.70. The molecule has 0 bridgehead atoms. The highest BCUT2D eigenvalue weighted by Gasteiger charge is 1.84. The van der Waals surface area contributed by atoms with Crippen LogP contribution in [0.5, 0.6) is 0 Å². The number of nitrogens with zero attached hydrogens (tertiary/aromatic N) is 2. The molecule has 0 aromatic carbocycles. The number of hydrogen-bond donors (Lipinski definition) is 2. The zero-order valence-corrected chi connectivity index (χ0v) is 6.38. The van der Waals surface area contributed by atoms with Crippen molar-refractivity contribution in [2.24, 2.45) is 10.9 Å². The van der Waals surface area contributed by atoms with Gasteiger partial charge in [0, 0.05) is 12.4 Å². The van der Waals surface area contributed by atoms with Gasteiger partial charge in [0.05, 0.1) is 0 Å². The number of amidine groups is 1. The Morgan fingerprint density at radius 2 is 2.17 bits per heavy atom. The van der Waals surface area contributed by atoms with E-state index in [0.29, 0.717) is 0 Å². The maximum Gasteiger partial charge on any atom is 0.162 e. The molecule has 0 saturated carbocycles. The summed E-state index contributed by atoms with van der Waals surface area (Å²) in [7, 11) is 0. The molecule has 0 aliphatic carbocycles. The summed E-state index contributed by atoms with van der Waals surface area (Å²) in [4.78, 5) is 3.85. The predicted octanol–water partition coefficient (Wildman–Crippen LogP) is 0.841. The van der Waals surface area contributed by atoms with Crippen LogP contribution in [-0.4, -0.2) is 16.0 Å². The van der Waals surface area contributed by atoms with Crippen LogP contribution in [0.3, 0.4) is 0 Å². The van der Waals surface area contributed by atoms with Crippen LogP contribution in [0, 0.1) is 0 Å². The van der Waals surface area contributed by atoms with Crippen molar-refractivity contribution in [1.82, 2.24) is 4.98 Å². The van der Waals surface area contributed by atoms with E-state index in [0.717, 1.165) is 5.56 Å². The number of rotatable bonds is 2. The quantitative estimate of drug-likeness (QED) is 0.294. The van der Waals surface area contributed by atoms with E-state index in [9.17, 15) is 0 Å². The fraction of sp³-hybridized carbons (Fsp3) is 0. The van der Waals surface area contributed by atoms with E-state index < -0.39 is 0 Å². The molecule has 12 heavy (non-hydrogen) atoms. The van der Waals surface area contributed by atoms with E-state index >= 15 is 0 Å². The third-order valence-corrected chi connectivity index (χ3v) is 1.27. The molecule has 0 aliphatic heterocycles. The number of oxime groups is 1. The Morgan fingerprint density at radius 3 is 2.75 bits per heavy atom. The molecule has 3 N–H and O–H groups in total. The van der Waals surface area contributed by atoms with Gasteiger partial charge >= 0.3 is 0 Å². The molecule has 0 radical (unpaired) electrons. The molecule has 0 spiro atoms. The lowest BCUT2D eigenvalue weighted by Crippen LogP contribution is -2.06. The monoisotopic (exact) mass is 163 g/mol. The largest absolute Gasteiger partial charge is 0.409 e. The van der Waals surface area contributed by atoms with E-state index in [1.807, 2.05) is 12.1 Å². The molecule has 1 aromatic heterocycles. The van der Waals surface area contributed by atoms with Crippen molar-refractivity contribution in [2.45, 2.75) is 0 Å². The van der Waals surface area contributed by atoms with Crippen LogP contribution in [0.2, 0.25) is 0 Å². The van der Waals surface area contributed by atoms with Gasteiger partial charge in [-0.05, 0) is 23.8 Å².